The molecule has 0 aromatic carbocycles. The number of aryl methyl sites for hydroxylation is 2. The van der Waals surface area contributed by atoms with Crippen molar-refractivity contribution in [3.8, 4) is 0 Å². The van der Waals surface area contributed by atoms with Gasteiger partial charge in [0.1, 0.15) is 11.7 Å². The molecule has 0 fully saturated rings. The number of carbonyl (C=O) groups is 1. The fraction of sp³-hybridized carbons (Fsp3) is 0.600. The number of aliphatic carboxylic acids is 1. The Morgan fingerprint density at radius 3 is 3.07 bits per heavy atom. The van der Waals surface area contributed by atoms with Crippen LogP contribution >= 0.6 is 0 Å². The lowest BCUT2D eigenvalue weighted by molar-refractivity contribution is -0.138. The van der Waals surface area contributed by atoms with Gasteiger partial charge in [-0.05, 0) is 13.3 Å². The maximum absolute atomic E-state index is 11.1. The molecule has 1 aliphatic heterocycles. The molecule has 0 amide bonds. The van der Waals surface area contributed by atoms with Crippen LogP contribution in [-0.2, 0) is 17.8 Å². The molecule has 1 aliphatic rings. The number of fused-ring (bicyclic) bond motifs is 1. The average Bonchev–Trinajstić information content (AvgIpc) is 2.69. The Morgan fingerprint density at radius 1 is 1.73 bits per heavy atom. The highest BCUT2D eigenvalue weighted by Crippen LogP contribution is 2.25. The zero-order chi connectivity index (χ0) is 11.0. The van der Waals surface area contributed by atoms with Crippen LogP contribution < -0.4 is 5.73 Å². The number of nitrogens with zero attached hydrogens (tertiary/aromatic N) is 2. The van der Waals surface area contributed by atoms with E-state index in [4.69, 9.17) is 10.8 Å². The Labute approximate surface area is 87.9 Å². The molecule has 82 valence electrons. The van der Waals surface area contributed by atoms with E-state index in [1.807, 2.05) is 11.5 Å². The Hall–Kier alpha value is -1.36. The van der Waals surface area contributed by atoms with Crippen LogP contribution in [0.15, 0.2) is 0 Å². The van der Waals surface area contributed by atoms with Crippen LogP contribution in [0.25, 0.3) is 0 Å². The maximum atomic E-state index is 11.1. The third kappa shape index (κ3) is 1.52. The molecular weight excluding hydrogens is 194 g/mol. The summed E-state index contributed by atoms with van der Waals surface area (Å²) in [6.07, 6.45) is 1.99. The van der Waals surface area contributed by atoms with Crippen LogP contribution in [0.1, 0.15) is 29.6 Å². The van der Waals surface area contributed by atoms with Gasteiger partial charge in [0, 0.05) is 19.5 Å². The van der Waals surface area contributed by atoms with Gasteiger partial charge < -0.3 is 15.4 Å². The molecule has 0 saturated heterocycles. The largest absolute Gasteiger partial charge is 0.481 e. The van der Waals surface area contributed by atoms with Gasteiger partial charge in [-0.15, -0.1) is 0 Å². The van der Waals surface area contributed by atoms with Crippen LogP contribution in [0.2, 0.25) is 0 Å². The van der Waals surface area contributed by atoms with Crippen molar-refractivity contribution in [2.75, 3.05) is 6.54 Å². The summed E-state index contributed by atoms with van der Waals surface area (Å²) in [5.74, 6) is -0.484. The molecule has 5 nitrogen and oxygen atoms in total. The Balaban J connectivity index is 2.46. The van der Waals surface area contributed by atoms with Crippen molar-refractivity contribution >= 4 is 5.97 Å². The first-order valence-corrected chi connectivity index (χ1v) is 5.14. The first-order valence-electron chi connectivity index (χ1n) is 5.14. The summed E-state index contributed by atoms with van der Waals surface area (Å²) in [5.41, 5.74) is 7.10. The number of carboxylic acids is 1. The van der Waals surface area contributed by atoms with E-state index in [0.717, 1.165) is 36.6 Å². The zero-order valence-electron chi connectivity index (χ0n) is 8.73. The summed E-state index contributed by atoms with van der Waals surface area (Å²) >= 11 is 0. The first-order chi connectivity index (χ1) is 7.15. The Bertz CT molecular complexity index is 398. The lowest BCUT2D eigenvalue weighted by atomic mass is 10.0. The molecular formula is C10H15N3O2. The summed E-state index contributed by atoms with van der Waals surface area (Å²) in [6, 6.07) is 0. The summed E-state index contributed by atoms with van der Waals surface area (Å²) in [4.78, 5) is 15.4. The quantitative estimate of drug-likeness (QED) is 0.748. The fourth-order valence-corrected chi connectivity index (χ4v) is 2.25. The minimum Gasteiger partial charge on any atom is -0.481 e. The lowest BCUT2D eigenvalue weighted by Crippen LogP contribution is -2.24. The van der Waals surface area contributed by atoms with Crippen molar-refractivity contribution in [2.45, 2.75) is 32.2 Å². The highest BCUT2D eigenvalue weighted by atomic mass is 16.4. The van der Waals surface area contributed by atoms with E-state index in [1.165, 1.54) is 0 Å². The SMILES string of the molecule is Cc1nc2n(c1C(CN)C(=O)O)CCC2. The van der Waals surface area contributed by atoms with Gasteiger partial charge >= 0.3 is 5.97 Å². The van der Waals surface area contributed by atoms with Crippen molar-refractivity contribution in [1.82, 2.24) is 9.55 Å². The summed E-state index contributed by atoms with van der Waals surface area (Å²) < 4.78 is 2.01. The molecule has 2 heterocycles. The molecule has 3 N–H and O–H groups in total. The molecule has 2 rings (SSSR count). The molecule has 0 aliphatic carbocycles. The molecule has 1 atom stereocenters. The second-order valence-corrected chi connectivity index (χ2v) is 3.88. The van der Waals surface area contributed by atoms with Crippen LogP contribution in [0, 0.1) is 6.92 Å². The second kappa shape index (κ2) is 3.66. The second-order valence-electron chi connectivity index (χ2n) is 3.88. The van der Waals surface area contributed by atoms with Crippen LogP contribution in [0.5, 0.6) is 0 Å². The number of imidazole rings is 1. The van der Waals surface area contributed by atoms with Crippen LogP contribution in [-0.4, -0.2) is 27.2 Å². The molecule has 1 aromatic heterocycles. The van der Waals surface area contributed by atoms with Crippen molar-refractivity contribution in [2.24, 2.45) is 5.73 Å². The highest BCUT2D eigenvalue weighted by Gasteiger charge is 2.28. The van der Waals surface area contributed by atoms with Gasteiger partial charge in [0.2, 0.25) is 0 Å². The number of rotatable bonds is 3. The van der Waals surface area contributed by atoms with Gasteiger partial charge in [-0.3, -0.25) is 4.79 Å². The molecule has 1 aromatic rings. The molecule has 0 bridgehead atoms. The van der Waals surface area contributed by atoms with E-state index >= 15 is 0 Å². The molecule has 0 spiro atoms. The zero-order valence-corrected chi connectivity index (χ0v) is 8.73. The highest BCUT2D eigenvalue weighted by molar-refractivity contribution is 5.76. The van der Waals surface area contributed by atoms with Crippen molar-refractivity contribution < 1.29 is 9.90 Å². The van der Waals surface area contributed by atoms with Crippen LogP contribution in [0.3, 0.4) is 0 Å². The number of aromatic nitrogens is 2. The normalized spacial score (nSPS) is 16.4. The standard InChI is InChI=1S/C10H15N3O2/c1-6-9(7(5-11)10(14)15)13-4-2-3-8(13)12-6/h7H,2-5,11H2,1H3,(H,14,15). The fourth-order valence-electron chi connectivity index (χ4n) is 2.25. The van der Waals surface area contributed by atoms with E-state index in [-0.39, 0.29) is 6.54 Å². The topological polar surface area (TPSA) is 81.1 Å². The summed E-state index contributed by atoms with van der Waals surface area (Å²) in [6.45, 7) is 2.85. The minimum atomic E-state index is -0.866. The smallest absolute Gasteiger partial charge is 0.313 e. The van der Waals surface area contributed by atoms with E-state index in [0.29, 0.717) is 0 Å². The maximum Gasteiger partial charge on any atom is 0.313 e. The molecule has 1 unspecified atom stereocenters. The van der Waals surface area contributed by atoms with E-state index in [9.17, 15) is 4.79 Å². The summed E-state index contributed by atoms with van der Waals surface area (Å²) in [5, 5.41) is 9.08. The van der Waals surface area contributed by atoms with Gasteiger partial charge in [-0.25, -0.2) is 4.98 Å². The van der Waals surface area contributed by atoms with E-state index in [2.05, 4.69) is 4.98 Å². The average molecular weight is 209 g/mol. The van der Waals surface area contributed by atoms with E-state index in [1.54, 1.807) is 0 Å². The van der Waals surface area contributed by atoms with Gasteiger partial charge in [-0.2, -0.15) is 0 Å². The van der Waals surface area contributed by atoms with Gasteiger partial charge in [-0.1, -0.05) is 0 Å². The van der Waals surface area contributed by atoms with Gasteiger partial charge in [0.25, 0.3) is 0 Å². The molecule has 5 heteroatoms. The third-order valence-corrected chi connectivity index (χ3v) is 2.92. The summed E-state index contributed by atoms with van der Waals surface area (Å²) in [7, 11) is 0. The Morgan fingerprint density at radius 2 is 2.47 bits per heavy atom. The predicted octanol–water partition coefficient (Wildman–Crippen LogP) is 0.265. The third-order valence-electron chi connectivity index (χ3n) is 2.92. The number of hydrogen-bond donors (Lipinski definition) is 2. The Kier molecular flexibility index (Phi) is 2.48. The number of hydrogen-bond acceptors (Lipinski definition) is 3. The molecule has 0 radical (unpaired) electrons. The number of nitrogens with two attached hydrogens (primary N) is 1. The van der Waals surface area contributed by atoms with Gasteiger partial charge in [0.15, 0.2) is 0 Å². The molecule has 0 saturated carbocycles. The monoisotopic (exact) mass is 209 g/mol. The lowest BCUT2D eigenvalue weighted by Gasteiger charge is -2.12. The van der Waals surface area contributed by atoms with Gasteiger partial charge in [0.05, 0.1) is 11.4 Å². The number of carboxylic acid groups (broad SMARTS) is 1. The van der Waals surface area contributed by atoms with Crippen molar-refractivity contribution in [3.63, 3.8) is 0 Å². The van der Waals surface area contributed by atoms with Crippen molar-refractivity contribution in [1.29, 1.82) is 0 Å². The first kappa shape index (κ1) is 10.2. The van der Waals surface area contributed by atoms with Crippen molar-refractivity contribution in [3.05, 3.63) is 17.2 Å². The predicted molar refractivity (Wildman–Crippen MR) is 54.7 cm³/mol. The van der Waals surface area contributed by atoms with Crippen LogP contribution in [0.4, 0.5) is 0 Å². The van der Waals surface area contributed by atoms with E-state index < -0.39 is 11.9 Å². The minimum absolute atomic E-state index is 0.126. The molecule has 15 heavy (non-hydrogen) atoms.